The average molecular weight is 252 g/mol. The third-order valence-corrected chi connectivity index (χ3v) is 4.08. The van der Waals surface area contributed by atoms with Gasteiger partial charge in [-0.25, -0.2) is 0 Å². The summed E-state index contributed by atoms with van der Waals surface area (Å²) >= 11 is 0. The van der Waals surface area contributed by atoms with Crippen molar-refractivity contribution >= 4 is 0 Å². The quantitative estimate of drug-likeness (QED) is 0.863. The highest BCUT2D eigenvalue weighted by atomic mass is 16.3. The highest BCUT2D eigenvalue weighted by Gasteiger charge is 2.30. The van der Waals surface area contributed by atoms with Crippen LogP contribution < -0.4 is 0 Å². The average Bonchev–Trinajstić information content (AvgIpc) is 2.66. The topological polar surface area (TPSA) is 20.2 Å². The van der Waals surface area contributed by atoms with E-state index < -0.39 is 0 Å². The largest absolute Gasteiger partial charge is 0.388 e. The van der Waals surface area contributed by atoms with Crippen LogP contribution in [0.25, 0.3) is 0 Å². The summed E-state index contributed by atoms with van der Waals surface area (Å²) in [5.41, 5.74) is 6.38. The minimum atomic E-state index is -0.308. The van der Waals surface area contributed by atoms with E-state index >= 15 is 0 Å². The van der Waals surface area contributed by atoms with Gasteiger partial charge in [0.2, 0.25) is 0 Å². The predicted molar refractivity (Wildman–Crippen MR) is 78.2 cm³/mol. The van der Waals surface area contributed by atoms with Crippen molar-refractivity contribution in [3.63, 3.8) is 0 Å². The fourth-order valence-corrected chi connectivity index (χ4v) is 3.33. The Balaban J connectivity index is 1.82. The molecule has 2 atom stereocenters. The Kier molecular flexibility index (Phi) is 3.16. The van der Waals surface area contributed by atoms with E-state index in [1.165, 1.54) is 22.3 Å². The third-order valence-electron chi connectivity index (χ3n) is 4.08. The molecule has 98 valence electrons. The Morgan fingerprint density at radius 3 is 2.42 bits per heavy atom. The summed E-state index contributed by atoms with van der Waals surface area (Å²) in [6, 6.07) is 14.9. The van der Waals surface area contributed by atoms with E-state index in [0.29, 0.717) is 5.92 Å². The van der Waals surface area contributed by atoms with Gasteiger partial charge in [0.25, 0.3) is 0 Å². The van der Waals surface area contributed by atoms with Gasteiger partial charge in [-0.15, -0.1) is 0 Å². The van der Waals surface area contributed by atoms with Crippen LogP contribution in [0.4, 0.5) is 0 Å². The summed E-state index contributed by atoms with van der Waals surface area (Å²) in [5.74, 6) is 0.318. The van der Waals surface area contributed by atoms with Crippen molar-refractivity contribution in [1.29, 1.82) is 0 Å². The van der Waals surface area contributed by atoms with Gasteiger partial charge in [-0.05, 0) is 49.3 Å². The maximum absolute atomic E-state index is 10.4. The zero-order valence-corrected chi connectivity index (χ0v) is 11.6. The van der Waals surface area contributed by atoms with Gasteiger partial charge in [-0.2, -0.15) is 0 Å². The molecule has 2 aromatic carbocycles. The SMILES string of the molecule is Cc1cc(C)cc(CC2Cc3ccccc3C2O)c1. The molecule has 0 bridgehead atoms. The molecule has 1 heteroatoms. The second-order valence-corrected chi connectivity index (χ2v) is 5.81. The molecule has 19 heavy (non-hydrogen) atoms. The number of hydrogen-bond acceptors (Lipinski definition) is 1. The van der Waals surface area contributed by atoms with Crippen molar-refractivity contribution in [3.8, 4) is 0 Å². The lowest BCUT2D eigenvalue weighted by atomic mass is 9.93. The smallest absolute Gasteiger partial charge is 0.0827 e. The zero-order valence-electron chi connectivity index (χ0n) is 11.6. The first-order valence-electron chi connectivity index (χ1n) is 6.96. The zero-order chi connectivity index (χ0) is 13.4. The molecule has 2 unspecified atom stereocenters. The molecule has 0 aromatic heterocycles. The molecule has 0 aliphatic heterocycles. The fourth-order valence-electron chi connectivity index (χ4n) is 3.33. The number of hydrogen-bond donors (Lipinski definition) is 1. The number of fused-ring (bicyclic) bond motifs is 1. The number of aryl methyl sites for hydroxylation is 2. The van der Waals surface area contributed by atoms with E-state index in [2.05, 4.69) is 50.2 Å². The van der Waals surface area contributed by atoms with E-state index in [1.807, 2.05) is 6.07 Å². The van der Waals surface area contributed by atoms with Gasteiger partial charge in [0.15, 0.2) is 0 Å². The van der Waals surface area contributed by atoms with Crippen LogP contribution in [-0.4, -0.2) is 5.11 Å². The monoisotopic (exact) mass is 252 g/mol. The molecular formula is C18H20O. The standard InChI is InChI=1S/C18H20O/c1-12-7-13(2)9-14(8-12)10-16-11-15-5-3-4-6-17(15)18(16)19/h3-9,16,18-19H,10-11H2,1-2H3. The second-order valence-electron chi connectivity index (χ2n) is 5.81. The molecule has 0 fully saturated rings. The minimum Gasteiger partial charge on any atom is -0.388 e. The van der Waals surface area contributed by atoms with Crippen molar-refractivity contribution in [2.45, 2.75) is 32.8 Å². The summed E-state index contributed by atoms with van der Waals surface area (Å²) in [4.78, 5) is 0. The Morgan fingerprint density at radius 2 is 1.74 bits per heavy atom. The fraction of sp³-hybridized carbons (Fsp3) is 0.333. The van der Waals surface area contributed by atoms with Crippen molar-refractivity contribution in [2.75, 3.05) is 0 Å². The maximum atomic E-state index is 10.4. The first-order valence-corrected chi connectivity index (χ1v) is 6.96. The highest BCUT2D eigenvalue weighted by Crippen LogP contribution is 2.37. The summed E-state index contributed by atoms with van der Waals surface area (Å²) in [7, 11) is 0. The van der Waals surface area contributed by atoms with Gasteiger partial charge in [0, 0.05) is 0 Å². The van der Waals surface area contributed by atoms with E-state index in [1.54, 1.807) is 0 Å². The molecule has 1 aliphatic carbocycles. The van der Waals surface area contributed by atoms with E-state index in [9.17, 15) is 5.11 Å². The lowest BCUT2D eigenvalue weighted by Crippen LogP contribution is -2.10. The lowest BCUT2D eigenvalue weighted by molar-refractivity contribution is 0.123. The highest BCUT2D eigenvalue weighted by molar-refractivity contribution is 5.36. The van der Waals surface area contributed by atoms with Crippen molar-refractivity contribution in [3.05, 3.63) is 70.3 Å². The molecule has 0 radical (unpaired) electrons. The van der Waals surface area contributed by atoms with Crippen LogP contribution in [0.5, 0.6) is 0 Å². The summed E-state index contributed by atoms with van der Waals surface area (Å²) in [6.45, 7) is 4.27. The first-order chi connectivity index (χ1) is 9.13. The Hall–Kier alpha value is -1.60. The second kappa shape index (κ2) is 4.82. The molecular weight excluding hydrogens is 232 g/mol. The number of aliphatic hydroxyl groups is 1. The van der Waals surface area contributed by atoms with E-state index in [-0.39, 0.29) is 6.10 Å². The van der Waals surface area contributed by atoms with Gasteiger partial charge in [-0.3, -0.25) is 0 Å². The minimum absolute atomic E-state index is 0.308. The van der Waals surface area contributed by atoms with Gasteiger partial charge in [0.1, 0.15) is 0 Å². The van der Waals surface area contributed by atoms with Crippen LogP contribution >= 0.6 is 0 Å². The first kappa shape index (κ1) is 12.4. The van der Waals surface area contributed by atoms with Gasteiger partial charge >= 0.3 is 0 Å². The molecule has 0 saturated heterocycles. The molecule has 0 saturated carbocycles. The summed E-state index contributed by atoms with van der Waals surface area (Å²) in [5, 5.41) is 10.4. The molecule has 1 N–H and O–H groups in total. The summed E-state index contributed by atoms with van der Waals surface area (Å²) < 4.78 is 0. The molecule has 3 rings (SSSR count). The number of benzene rings is 2. The molecule has 0 spiro atoms. The van der Waals surface area contributed by atoms with Crippen LogP contribution in [0.2, 0.25) is 0 Å². The lowest BCUT2D eigenvalue weighted by Gasteiger charge is -2.16. The Bertz CT molecular complexity index is 580. The molecule has 2 aromatic rings. The predicted octanol–water partition coefficient (Wildman–Crippen LogP) is 3.75. The van der Waals surface area contributed by atoms with Crippen molar-refractivity contribution in [2.24, 2.45) is 5.92 Å². The van der Waals surface area contributed by atoms with Gasteiger partial charge in [-0.1, -0.05) is 53.6 Å². The number of aliphatic hydroxyl groups excluding tert-OH is 1. The van der Waals surface area contributed by atoms with E-state index in [4.69, 9.17) is 0 Å². The van der Waals surface area contributed by atoms with Crippen molar-refractivity contribution in [1.82, 2.24) is 0 Å². The third kappa shape index (κ3) is 2.43. The van der Waals surface area contributed by atoms with Crippen LogP contribution in [0.1, 0.15) is 33.9 Å². The van der Waals surface area contributed by atoms with Crippen LogP contribution in [0.3, 0.4) is 0 Å². The van der Waals surface area contributed by atoms with Crippen LogP contribution in [0.15, 0.2) is 42.5 Å². The summed E-state index contributed by atoms with van der Waals surface area (Å²) in [6.07, 6.45) is 1.64. The molecule has 1 nitrogen and oxygen atoms in total. The Morgan fingerprint density at radius 1 is 1.05 bits per heavy atom. The molecule has 1 aliphatic rings. The molecule has 0 heterocycles. The maximum Gasteiger partial charge on any atom is 0.0827 e. The van der Waals surface area contributed by atoms with E-state index in [0.717, 1.165) is 18.4 Å². The molecule has 0 amide bonds. The van der Waals surface area contributed by atoms with Gasteiger partial charge in [0.05, 0.1) is 6.10 Å². The van der Waals surface area contributed by atoms with Crippen molar-refractivity contribution < 1.29 is 5.11 Å². The normalized spacial score (nSPS) is 21.4. The van der Waals surface area contributed by atoms with Gasteiger partial charge < -0.3 is 5.11 Å². The van der Waals surface area contributed by atoms with Crippen LogP contribution in [0, 0.1) is 19.8 Å². The van der Waals surface area contributed by atoms with Crippen LogP contribution in [-0.2, 0) is 12.8 Å². The Labute approximate surface area is 114 Å². The number of rotatable bonds is 2.